The summed E-state index contributed by atoms with van der Waals surface area (Å²) in [6.07, 6.45) is 2.23. The molecule has 0 aliphatic heterocycles. The molecule has 0 radical (unpaired) electrons. The van der Waals surface area contributed by atoms with Gasteiger partial charge >= 0.3 is 0 Å². The minimum atomic E-state index is -0.771. The number of nitrogens with one attached hydrogen (secondary N) is 2. The number of H-pyrrole nitrogens is 1. The van der Waals surface area contributed by atoms with Crippen molar-refractivity contribution in [1.82, 2.24) is 15.2 Å². The van der Waals surface area contributed by atoms with E-state index in [-0.39, 0.29) is 5.95 Å². The van der Waals surface area contributed by atoms with Gasteiger partial charge in [-0.1, -0.05) is 12.1 Å². The van der Waals surface area contributed by atoms with E-state index in [9.17, 15) is 20.0 Å². The van der Waals surface area contributed by atoms with Crippen molar-refractivity contribution in [1.29, 1.82) is 0 Å². The Labute approximate surface area is 111 Å². The van der Waals surface area contributed by atoms with Crippen LogP contribution in [0.1, 0.15) is 5.56 Å². The summed E-state index contributed by atoms with van der Waals surface area (Å²) in [4.78, 5) is 23.1. The quantitative estimate of drug-likeness (QED) is 0.437. The van der Waals surface area contributed by atoms with Gasteiger partial charge in [0.05, 0.1) is 11.1 Å². The molecular weight excluding hydrogens is 268 g/mol. The summed E-state index contributed by atoms with van der Waals surface area (Å²) in [5.41, 5.74) is 1.74. The molecule has 0 saturated carbocycles. The number of hydrogen-bond acceptors (Lipinski definition) is 8. The van der Waals surface area contributed by atoms with Crippen molar-refractivity contribution in [2.75, 3.05) is 5.43 Å². The molecule has 0 spiro atoms. The number of aromatic amines is 1. The van der Waals surface area contributed by atoms with Crippen molar-refractivity contribution in [2.24, 2.45) is 5.10 Å². The molecule has 102 valence electrons. The molecule has 0 saturated heterocycles. The number of rotatable bonds is 4. The second-order valence-corrected chi connectivity index (χ2v) is 3.54. The van der Waals surface area contributed by atoms with Crippen LogP contribution in [0.3, 0.4) is 0 Å². The topological polar surface area (TPSA) is 149 Å². The van der Waals surface area contributed by atoms with Crippen LogP contribution in [0.25, 0.3) is 0 Å². The average molecular weight is 275 g/mol. The van der Waals surface area contributed by atoms with E-state index in [4.69, 9.17) is 0 Å². The van der Waals surface area contributed by atoms with E-state index in [2.05, 4.69) is 25.7 Å². The average Bonchev–Trinajstić information content (AvgIpc) is 2.40. The van der Waals surface area contributed by atoms with E-state index in [0.717, 1.165) is 18.3 Å². The van der Waals surface area contributed by atoms with E-state index in [1.807, 2.05) is 0 Å². The van der Waals surface area contributed by atoms with Gasteiger partial charge in [-0.05, 0) is 5.75 Å². The van der Waals surface area contributed by atoms with E-state index in [0.29, 0.717) is 5.56 Å². The van der Waals surface area contributed by atoms with Crippen molar-refractivity contribution in [3.05, 3.63) is 50.4 Å². The lowest BCUT2D eigenvalue weighted by Gasteiger charge is -2.05. The monoisotopic (exact) mass is 275 g/mol. The highest BCUT2D eigenvalue weighted by molar-refractivity contribution is 5.81. The van der Waals surface area contributed by atoms with Gasteiger partial charge in [0.1, 0.15) is 6.20 Å². The van der Waals surface area contributed by atoms with Crippen molar-refractivity contribution >= 4 is 17.9 Å². The number of nitrogens with zero attached hydrogens (tertiary/aromatic N) is 4. The molecule has 0 aliphatic carbocycles. The summed E-state index contributed by atoms with van der Waals surface area (Å²) in [7, 11) is 0. The lowest BCUT2D eigenvalue weighted by Crippen LogP contribution is -2.10. The van der Waals surface area contributed by atoms with Gasteiger partial charge in [0.25, 0.3) is 11.2 Å². The Bertz CT molecular complexity index is 726. The third-order valence-corrected chi connectivity index (χ3v) is 2.14. The van der Waals surface area contributed by atoms with Gasteiger partial charge < -0.3 is 5.11 Å². The van der Waals surface area contributed by atoms with E-state index < -0.39 is 21.9 Å². The maximum atomic E-state index is 11.2. The minimum absolute atomic E-state index is 0.0173. The summed E-state index contributed by atoms with van der Waals surface area (Å²) in [5, 5.41) is 32.4. The molecule has 0 unspecified atom stereocenters. The normalized spacial score (nSPS) is 10.6. The van der Waals surface area contributed by atoms with Gasteiger partial charge in [0.2, 0.25) is 5.95 Å². The number of aromatic nitrogens is 3. The summed E-state index contributed by atoms with van der Waals surface area (Å²) < 4.78 is 0. The Balaban J connectivity index is 2.14. The lowest BCUT2D eigenvalue weighted by molar-refractivity contribution is -0.398. The largest absolute Gasteiger partial charge is 0.868 e. The minimum Gasteiger partial charge on any atom is -0.868 e. The molecule has 2 rings (SSSR count). The Hall–Kier alpha value is -3.30. The first-order chi connectivity index (χ1) is 9.56. The van der Waals surface area contributed by atoms with Crippen molar-refractivity contribution < 1.29 is 10.0 Å². The van der Waals surface area contributed by atoms with E-state index >= 15 is 0 Å². The molecule has 2 aromatic rings. The standard InChI is InChI=1S/C10H8N6O4/c17-8-2-1-6(3-7(8)16(19)20)4-11-14-10-13-9(18)5-12-15-10/h1-5,17H,(H2,13,14,15,18)/p-1/b11-4+. The third kappa shape index (κ3) is 3.13. The van der Waals surface area contributed by atoms with Gasteiger partial charge in [0, 0.05) is 11.6 Å². The molecule has 0 atom stereocenters. The summed E-state index contributed by atoms with van der Waals surface area (Å²) in [6.45, 7) is 0. The van der Waals surface area contributed by atoms with Crippen LogP contribution in [0, 0.1) is 10.1 Å². The first-order valence-corrected chi connectivity index (χ1v) is 5.23. The highest BCUT2D eigenvalue weighted by Crippen LogP contribution is 2.22. The Morgan fingerprint density at radius 3 is 2.95 bits per heavy atom. The van der Waals surface area contributed by atoms with Gasteiger partial charge in [-0.25, -0.2) is 5.43 Å². The zero-order valence-electron chi connectivity index (χ0n) is 9.81. The van der Waals surface area contributed by atoms with Gasteiger partial charge in [-0.15, -0.1) is 10.2 Å². The summed E-state index contributed by atoms with van der Waals surface area (Å²) in [6, 6.07) is 3.54. The Kier molecular flexibility index (Phi) is 3.65. The molecule has 0 aliphatic rings. The molecular formula is C10H7N6O4-. The number of nitro benzene ring substituents is 1. The molecule has 2 N–H and O–H groups in total. The van der Waals surface area contributed by atoms with Crippen LogP contribution in [0.15, 0.2) is 34.3 Å². The fourth-order valence-corrected chi connectivity index (χ4v) is 1.29. The molecule has 0 fully saturated rings. The molecule has 0 amide bonds. The van der Waals surface area contributed by atoms with Crippen LogP contribution in [-0.4, -0.2) is 26.3 Å². The first-order valence-electron chi connectivity index (χ1n) is 5.23. The zero-order chi connectivity index (χ0) is 14.5. The highest BCUT2D eigenvalue weighted by atomic mass is 16.6. The third-order valence-electron chi connectivity index (χ3n) is 2.14. The summed E-state index contributed by atoms with van der Waals surface area (Å²) >= 11 is 0. The number of hydrogen-bond donors (Lipinski definition) is 2. The van der Waals surface area contributed by atoms with E-state index in [1.54, 1.807) is 0 Å². The van der Waals surface area contributed by atoms with Crippen molar-refractivity contribution in [2.45, 2.75) is 0 Å². The Morgan fingerprint density at radius 1 is 1.45 bits per heavy atom. The fraction of sp³-hybridized carbons (Fsp3) is 0. The maximum Gasteiger partial charge on any atom is 0.271 e. The van der Waals surface area contributed by atoms with Crippen molar-refractivity contribution in [3.8, 4) is 5.75 Å². The molecule has 1 aromatic carbocycles. The van der Waals surface area contributed by atoms with Crippen LogP contribution in [0.2, 0.25) is 0 Å². The van der Waals surface area contributed by atoms with Gasteiger partial charge in [-0.3, -0.25) is 19.9 Å². The lowest BCUT2D eigenvalue weighted by atomic mass is 10.2. The molecule has 1 aromatic heterocycles. The van der Waals surface area contributed by atoms with Gasteiger partial charge in [-0.2, -0.15) is 5.10 Å². The van der Waals surface area contributed by atoms with Gasteiger partial charge in [0.15, 0.2) is 0 Å². The predicted molar refractivity (Wildman–Crippen MR) is 66.4 cm³/mol. The maximum absolute atomic E-state index is 11.2. The second-order valence-electron chi connectivity index (χ2n) is 3.54. The molecule has 10 nitrogen and oxygen atoms in total. The molecule has 1 heterocycles. The van der Waals surface area contributed by atoms with Crippen LogP contribution in [-0.2, 0) is 0 Å². The number of nitro groups is 1. The van der Waals surface area contributed by atoms with Crippen LogP contribution < -0.4 is 16.1 Å². The fourth-order valence-electron chi connectivity index (χ4n) is 1.29. The van der Waals surface area contributed by atoms with E-state index in [1.165, 1.54) is 12.3 Å². The highest BCUT2D eigenvalue weighted by Gasteiger charge is 2.06. The Morgan fingerprint density at radius 2 is 2.25 bits per heavy atom. The zero-order valence-corrected chi connectivity index (χ0v) is 9.81. The number of anilines is 1. The second kappa shape index (κ2) is 5.56. The molecule has 0 bridgehead atoms. The smallest absolute Gasteiger partial charge is 0.271 e. The van der Waals surface area contributed by atoms with Crippen molar-refractivity contribution in [3.63, 3.8) is 0 Å². The predicted octanol–water partition coefficient (Wildman–Crippen LogP) is -0.407. The first kappa shape index (κ1) is 13.1. The molecule has 20 heavy (non-hydrogen) atoms. The van der Waals surface area contributed by atoms with Crippen LogP contribution in [0.4, 0.5) is 11.6 Å². The SMILES string of the molecule is O=c1cnnc(N/N=C/c2ccc([O-])c([N+](=O)[O-])c2)[nH]1. The number of benzene rings is 1. The summed E-state index contributed by atoms with van der Waals surface area (Å²) in [5.74, 6) is -0.665. The van der Waals surface area contributed by atoms with Crippen LogP contribution >= 0.6 is 0 Å². The molecule has 10 heteroatoms. The number of hydrazone groups is 1. The van der Waals surface area contributed by atoms with Crippen LogP contribution in [0.5, 0.6) is 5.75 Å².